The molecule has 0 spiro atoms. The van der Waals surface area contributed by atoms with Crippen molar-refractivity contribution in [2.45, 2.75) is 79.1 Å². The molecule has 0 saturated heterocycles. The number of aromatic amines is 1. The Bertz CT molecular complexity index is 1050. The van der Waals surface area contributed by atoms with E-state index in [-0.39, 0.29) is 6.61 Å². The highest BCUT2D eigenvalue weighted by Gasteiger charge is 2.30. The van der Waals surface area contributed by atoms with Crippen LogP contribution in [0.3, 0.4) is 0 Å². The van der Waals surface area contributed by atoms with Gasteiger partial charge in [-0.1, -0.05) is 32.4 Å². The van der Waals surface area contributed by atoms with Crippen molar-refractivity contribution >= 4 is 23.6 Å². The number of hydrogen-bond donors (Lipinski definition) is 2. The summed E-state index contributed by atoms with van der Waals surface area (Å²) in [5.41, 5.74) is 3.84. The molecule has 0 bridgehead atoms. The van der Waals surface area contributed by atoms with Crippen LogP contribution < -0.4 is 10.4 Å². The first kappa shape index (κ1) is 31.7. The van der Waals surface area contributed by atoms with Crippen molar-refractivity contribution in [1.29, 1.82) is 0 Å². The van der Waals surface area contributed by atoms with Crippen LogP contribution in [0.4, 0.5) is 18.9 Å². The molecule has 0 saturated carbocycles. The molecule has 0 atom stereocenters. The SMILES string of the molecule is CCCc1ccc([NH2+]Cc2[nH]c(C(=O)OC(C)(C)C)c(CC)c2C(=O)OCC)cc1.O=C([O-])C(F)(F)F. The van der Waals surface area contributed by atoms with Crippen LogP contribution in [0, 0.1) is 0 Å². The second-order valence-electron chi connectivity index (χ2n) is 9.09. The number of esters is 2. The Hall–Kier alpha value is -3.34. The van der Waals surface area contributed by atoms with Crippen LogP contribution in [0.1, 0.15) is 85.6 Å². The lowest BCUT2D eigenvalue weighted by molar-refractivity contribution is -0.589. The Labute approximate surface area is 214 Å². The molecular formula is C26H35F3N2O6. The van der Waals surface area contributed by atoms with Crippen molar-refractivity contribution in [2.24, 2.45) is 0 Å². The van der Waals surface area contributed by atoms with Crippen molar-refractivity contribution in [2.75, 3.05) is 6.61 Å². The van der Waals surface area contributed by atoms with Crippen molar-refractivity contribution < 1.29 is 47.5 Å². The predicted octanol–water partition coefficient (Wildman–Crippen LogP) is 3.36. The number of nitrogens with two attached hydrogens (primary N) is 1. The zero-order valence-corrected chi connectivity index (χ0v) is 22.0. The molecule has 0 aliphatic heterocycles. The Kier molecular flexibility index (Phi) is 11.8. The number of carboxylic acids is 1. The molecule has 0 aliphatic rings. The van der Waals surface area contributed by atoms with E-state index in [4.69, 9.17) is 19.4 Å². The lowest BCUT2D eigenvalue weighted by atomic mass is 10.1. The zero-order chi connectivity index (χ0) is 28.4. The van der Waals surface area contributed by atoms with Gasteiger partial charge in [-0.25, -0.2) is 9.59 Å². The minimum atomic E-state index is -5.19. The van der Waals surface area contributed by atoms with Crippen molar-refractivity contribution in [3.63, 3.8) is 0 Å². The van der Waals surface area contributed by atoms with E-state index in [0.29, 0.717) is 35.5 Å². The van der Waals surface area contributed by atoms with Crippen LogP contribution in [0.2, 0.25) is 0 Å². The number of carboxylic acid groups (broad SMARTS) is 1. The minimum absolute atomic E-state index is 0.275. The van der Waals surface area contributed by atoms with Crippen LogP contribution in [0.15, 0.2) is 24.3 Å². The molecule has 206 valence electrons. The Morgan fingerprint density at radius 2 is 1.57 bits per heavy atom. The molecule has 37 heavy (non-hydrogen) atoms. The maximum Gasteiger partial charge on any atom is 0.430 e. The van der Waals surface area contributed by atoms with Gasteiger partial charge in [0.15, 0.2) is 0 Å². The number of ether oxygens (including phenoxy) is 2. The maximum atomic E-state index is 12.7. The van der Waals surface area contributed by atoms with Gasteiger partial charge in [-0.15, -0.1) is 0 Å². The molecule has 1 heterocycles. The van der Waals surface area contributed by atoms with Crippen LogP contribution in [0.5, 0.6) is 0 Å². The van der Waals surface area contributed by atoms with Gasteiger partial charge in [-0.05, 0) is 63.8 Å². The molecule has 3 N–H and O–H groups in total. The summed E-state index contributed by atoms with van der Waals surface area (Å²) in [7, 11) is 0. The Balaban J connectivity index is 0.000000856. The quantitative estimate of drug-likeness (QED) is 0.380. The van der Waals surface area contributed by atoms with Gasteiger partial charge >= 0.3 is 18.1 Å². The maximum absolute atomic E-state index is 12.7. The normalized spacial score (nSPS) is 11.4. The molecule has 1 aromatic carbocycles. The molecule has 8 nitrogen and oxygen atoms in total. The molecule has 11 heteroatoms. The van der Waals surface area contributed by atoms with Crippen LogP contribution in [-0.4, -0.2) is 41.3 Å². The first-order chi connectivity index (χ1) is 17.1. The summed E-state index contributed by atoms with van der Waals surface area (Å²) in [5.74, 6) is -3.88. The second-order valence-corrected chi connectivity index (χ2v) is 9.09. The summed E-state index contributed by atoms with van der Waals surface area (Å²) < 4.78 is 42.4. The number of carbonyl (C=O) groups is 3. The highest BCUT2D eigenvalue weighted by molar-refractivity contribution is 5.98. The van der Waals surface area contributed by atoms with E-state index in [9.17, 15) is 22.8 Å². The minimum Gasteiger partial charge on any atom is -0.542 e. The summed E-state index contributed by atoms with van der Waals surface area (Å²) >= 11 is 0. The van der Waals surface area contributed by atoms with Crippen molar-refractivity contribution in [1.82, 2.24) is 4.98 Å². The number of aliphatic carboxylic acids is 1. The summed E-state index contributed by atoms with van der Waals surface area (Å²) in [5, 5.41) is 10.8. The van der Waals surface area contributed by atoms with Gasteiger partial charge in [0, 0.05) is 0 Å². The molecule has 0 aliphatic carbocycles. The predicted molar refractivity (Wildman–Crippen MR) is 128 cm³/mol. The third-order valence-corrected chi connectivity index (χ3v) is 4.91. The van der Waals surface area contributed by atoms with E-state index < -0.39 is 29.7 Å². The number of nitrogens with one attached hydrogen (secondary N) is 1. The molecule has 0 unspecified atom stereocenters. The second kappa shape index (κ2) is 13.8. The summed E-state index contributed by atoms with van der Waals surface area (Å²) in [6, 6.07) is 8.40. The lowest BCUT2D eigenvalue weighted by Gasteiger charge is -2.19. The first-order valence-electron chi connectivity index (χ1n) is 12.0. The van der Waals surface area contributed by atoms with E-state index in [2.05, 4.69) is 36.2 Å². The third kappa shape index (κ3) is 10.3. The highest BCUT2D eigenvalue weighted by atomic mass is 19.4. The fourth-order valence-electron chi connectivity index (χ4n) is 3.38. The van der Waals surface area contributed by atoms with E-state index in [1.807, 2.05) is 33.0 Å². The van der Waals surface area contributed by atoms with Gasteiger partial charge in [-0.2, -0.15) is 13.2 Å². The molecule has 1 aromatic heterocycles. The number of aromatic nitrogens is 1. The third-order valence-electron chi connectivity index (χ3n) is 4.91. The number of halogens is 3. The van der Waals surface area contributed by atoms with E-state index >= 15 is 0 Å². The van der Waals surface area contributed by atoms with Gasteiger partial charge in [-0.3, -0.25) is 0 Å². The van der Waals surface area contributed by atoms with Crippen LogP contribution in [-0.2, 0) is 33.7 Å². The summed E-state index contributed by atoms with van der Waals surface area (Å²) in [6.45, 7) is 12.1. The van der Waals surface area contributed by atoms with Gasteiger partial charge in [0.1, 0.15) is 29.5 Å². The average molecular weight is 529 g/mol. The van der Waals surface area contributed by atoms with Gasteiger partial charge < -0.3 is 29.7 Å². The zero-order valence-electron chi connectivity index (χ0n) is 22.0. The standard InChI is InChI=1S/C24H34N2O4.C2HF3O2/c1-7-10-16-11-13-17(14-12-16)25-15-19-20(22(27)29-9-3)18(8-2)21(26-19)23(28)30-24(4,5)6;3-2(4,5)1(6)7/h11-14,25-26H,7-10,15H2,1-6H3;(H,6,7). The number of alkyl halides is 3. The highest BCUT2D eigenvalue weighted by Crippen LogP contribution is 2.24. The van der Waals surface area contributed by atoms with Crippen LogP contribution in [0.25, 0.3) is 0 Å². The van der Waals surface area contributed by atoms with Crippen molar-refractivity contribution in [3.8, 4) is 0 Å². The number of rotatable bonds is 9. The number of hydrogen-bond acceptors (Lipinski definition) is 6. The van der Waals surface area contributed by atoms with Gasteiger partial charge in [0.2, 0.25) is 0 Å². The molecule has 0 amide bonds. The molecule has 0 fully saturated rings. The van der Waals surface area contributed by atoms with E-state index in [1.165, 1.54) is 5.56 Å². The fraction of sp³-hybridized carbons (Fsp3) is 0.500. The van der Waals surface area contributed by atoms with Gasteiger partial charge in [0.05, 0.1) is 17.9 Å². The topological polar surface area (TPSA) is 125 Å². The van der Waals surface area contributed by atoms with E-state index in [1.54, 1.807) is 6.92 Å². The monoisotopic (exact) mass is 528 g/mol. The first-order valence-corrected chi connectivity index (χ1v) is 12.0. The number of H-pyrrole nitrogens is 1. The number of quaternary nitrogens is 1. The molecule has 0 radical (unpaired) electrons. The summed E-state index contributed by atoms with van der Waals surface area (Å²) in [6.07, 6.45) is -2.50. The number of benzene rings is 1. The van der Waals surface area contributed by atoms with Gasteiger partial charge in [0.25, 0.3) is 0 Å². The number of aryl methyl sites for hydroxylation is 1. The summed E-state index contributed by atoms with van der Waals surface area (Å²) in [4.78, 5) is 37.4. The lowest BCUT2D eigenvalue weighted by Crippen LogP contribution is -2.76. The fourth-order valence-corrected chi connectivity index (χ4v) is 3.38. The Morgan fingerprint density at radius 1 is 1.00 bits per heavy atom. The molecule has 2 aromatic rings. The largest absolute Gasteiger partial charge is 0.542 e. The number of carbonyl (C=O) groups excluding carboxylic acids is 3. The molecular weight excluding hydrogens is 493 g/mol. The van der Waals surface area contributed by atoms with Crippen molar-refractivity contribution in [3.05, 3.63) is 52.3 Å². The van der Waals surface area contributed by atoms with E-state index in [0.717, 1.165) is 18.5 Å². The Morgan fingerprint density at radius 3 is 2.00 bits per heavy atom. The average Bonchev–Trinajstić information content (AvgIpc) is 3.16. The molecule has 2 rings (SSSR count). The smallest absolute Gasteiger partial charge is 0.430 e. The van der Waals surface area contributed by atoms with Crippen LogP contribution >= 0.6 is 0 Å².